The predicted octanol–water partition coefficient (Wildman–Crippen LogP) is 3.80. The van der Waals surface area contributed by atoms with Gasteiger partial charge in [0.1, 0.15) is 11.6 Å². The zero-order chi connectivity index (χ0) is 22.6. The Morgan fingerprint density at radius 3 is 2.39 bits per heavy atom. The van der Waals surface area contributed by atoms with Gasteiger partial charge < -0.3 is 9.88 Å². The molecule has 3 aromatic rings. The van der Waals surface area contributed by atoms with Gasteiger partial charge in [0.25, 0.3) is 0 Å². The van der Waals surface area contributed by atoms with Gasteiger partial charge in [-0.2, -0.15) is 4.31 Å². The van der Waals surface area contributed by atoms with Crippen LogP contribution in [0.1, 0.15) is 33.0 Å². The van der Waals surface area contributed by atoms with E-state index in [1.165, 1.54) is 28.6 Å². The predicted molar refractivity (Wildman–Crippen MR) is 119 cm³/mol. The molecule has 3 rings (SSSR count). The van der Waals surface area contributed by atoms with Crippen LogP contribution in [0.4, 0.5) is 10.1 Å². The van der Waals surface area contributed by atoms with Crippen molar-refractivity contribution >= 4 is 32.7 Å². The highest BCUT2D eigenvalue weighted by atomic mass is 32.2. The summed E-state index contributed by atoms with van der Waals surface area (Å²) in [6.07, 6.45) is 0.596. The molecule has 0 fully saturated rings. The van der Waals surface area contributed by atoms with Crippen molar-refractivity contribution in [2.45, 2.75) is 45.1 Å². The van der Waals surface area contributed by atoms with E-state index >= 15 is 0 Å². The monoisotopic (exact) mass is 446 g/mol. The highest BCUT2D eigenvalue weighted by Crippen LogP contribution is 2.23. The van der Waals surface area contributed by atoms with Crippen LogP contribution in [-0.4, -0.2) is 41.3 Å². The number of halogens is 1. The smallest absolute Gasteiger partial charge is 0.243 e. The Morgan fingerprint density at radius 1 is 1.10 bits per heavy atom. The molecule has 0 aliphatic rings. The second-order valence-corrected chi connectivity index (χ2v) is 9.01. The summed E-state index contributed by atoms with van der Waals surface area (Å²) < 4.78 is 42.0. The standard InChI is InChI=1S/C22H27FN4O3S/c1-4-26(5-2)31(29,30)18-11-12-20-19(15-18)25-21(27(20)6-3)13-14-22(28)24-17-9-7-16(23)8-10-17/h7-12,15H,4-6,13-14H2,1-3H3,(H,24,28). The molecule has 1 heterocycles. The van der Waals surface area contributed by atoms with Crippen molar-refractivity contribution < 1.29 is 17.6 Å². The molecule has 0 atom stereocenters. The lowest BCUT2D eigenvalue weighted by atomic mass is 10.2. The SMILES string of the molecule is CCN(CC)S(=O)(=O)c1ccc2c(c1)nc(CCC(=O)Nc1ccc(F)cc1)n2CC. The number of rotatable bonds is 9. The molecule has 0 aliphatic carbocycles. The summed E-state index contributed by atoms with van der Waals surface area (Å²) in [6.45, 7) is 7.03. The van der Waals surface area contributed by atoms with E-state index in [-0.39, 0.29) is 23.0 Å². The number of nitrogens with zero attached hydrogens (tertiary/aromatic N) is 3. The minimum absolute atomic E-state index is 0.200. The summed E-state index contributed by atoms with van der Waals surface area (Å²) in [7, 11) is -3.57. The zero-order valence-corrected chi connectivity index (χ0v) is 18.7. The van der Waals surface area contributed by atoms with Crippen LogP contribution in [0.5, 0.6) is 0 Å². The van der Waals surface area contributed by atoms with Gasteiger partial charge in [-0.25, -0.2) is 17.8 Å². The van der Waals surface area contributed by atoms with Gasteiger partial charge in [-0.3, -0.25) is 4.79 Å². The number of carbonyl (C=O) groups excluding carboxylic acids is 1. The molecule has 2 aromatic carbocycles. The molecule has 166 valence electrons. The van der Waals surface area contributed by atoms with Crippen molar-refractivity contribution in [2.75, 3.05) is 18.4 Å². The van der Waals surface area contributed by atoms with E-state index in [4.69, 9.17) is 0 Å². The number of hydrogen-bond acceptors (Lipinski definition) is 4. The Bertz CT molecular complexity index is 1170. The number of aryl methyl sites for hydroxylation is 2. The maximum absolute atomic E-state index is 13.0. The van der Waals surface area contributed by atoms with Crippen molar-refractivity contribution in [1.29, 1.82) is 0 Å². The first-order valence-electron chi connectivity index (χ1n) is 10.3. The largest absolute Gasteiger partial charge is 0.328 e. The first-order chi connectivity index (χ1) is 14.8. The van der Waals surface area contributed by atoms with E-state index < -0.39 is 10.0 Å². The summed E-state index contributed by atoms with van der Waals surface area (Å²) in [5.74, 6) is 0.146. The average molecular weight is 447 g/mol. The number of anilines is 1. The second kappa shape index (κ2) is 9.57. The molecule has 1 N–H and O–H groups in total. The van der Waals surface area contributed by atoms with Crippen LogP contribution < -0.4 is 5.32 Å². The van der Waals surface area contributed by atoms with Gasteiger partial charge in [0.2, 0.25) is 15.9 Å². The molecule has 1 amide bonds. The van der Waals surface area contributed by atoms with Crippen molar-refractivity contribution in [2.24, 2.45) is 0 Å². The Labute approximate surface area is 181 Å². The molecule has 9 heteroatoms. The zero-order valence-electron chi connectivity index (χ0n) is 17.9. The molecular weight excluding hydrogens is 419 g/mol. The molecule has 31 heavy (non-hydrogen) atoms. The minimum atomic E-state index is -3.57. The third kappa shape index (κ3) is 4.94. The quantitative estimate of drug-likeness (QED) is 0.542. The van der Waals surface area contributed by atoms with Crippen LogP contribution in [0.3, 0.4) is 0 Å². The van der Waals surface area contributed by atoms with Gasteiger partial charge in [-0.15, -0.1) is 0 Å². The lowest BCUT2D eigenvalue weighted by Gasteiger charge is -2.18. The third-order valence-electron chi connectivity index (χ3n) is 5.16. The molecule has 0 aliphatic heterocycles. The van der Waals surface area contributed by atoms with Crippen LogP contribution in [0.2, 0.25) is 0 Å². The van der Waals surface area contributed by atoms with Crippen LogP contribution in [-0.2, 0) is 27.8 Å². The van der Waals surface area contributed by atoms with Crippen LogP contribution in [0, 0.1) is 5.82 Å². The second-order valence-electron chi connectivity index (χ2n) is 7.07. The Morgan fingerprint density at radius 2 is 1.77 bits per heavy atom. The van der Waals surface area contributed by atoms with Gasteiger partial charge >= 0.3 is 0 Å². The van der Waals surface area contributed by atoms with Gasteiger partial charge in [-0.1, -0.05) is 13.8 Å². The van der Waals surface area contributed by atoms with Gasteiger partial charge in [-0.05, 0) is 49.4 Å². The Balaban J connectivity index is 1.81. The average Bonchev–Trinajstić information content (AvgIpc) is 3.11. The highest BCUT2D eigenvalue weighted by Gasteiger charge is 2.23. The normalized spacial score (nSPS) is 11.9. The summed E-state index contributed by atoms with van der Waals surface area (Å²) >= 11 is 0. The molecular formula is C22H27FN4O3S. The molecule has 7 nitrogen and oxygen atoms in total. The van der Waals surface area contributed by atoms with Crippen molar-refractivity contribution in [3.63, 3.8) is 0 Å². The fraction of sp³-hybridized carbons (Fsp3) is 0.364. The molecule has 0 saturated heterocycles. The fourth-order valence-electron chi connectivity index (χ4n) is 3.56. The summed E-state index contributed by atoms with van der Waals surface area (Å²) in [5.41, 5.74) is 1.95. The topological polar surface area (TPSA) is 84.3 Å². The minimum Gasteiger partial charge on any atom is -0.328 e. The van der Waals surface area contributed by atoms with Crippen LogP contribution in [0.25, 0.3) is 11.0 Å². The number of benzene rings is 2. The van der Waals surface area contributed by atoms with E-state index in [1.54, 1.807) is 32.0 Å². The fourth-order valence-corrected chi connectivity index (χ4v) is 5.04. The molecule has 0 bridgehead atoms. The first-order valence-corrected chi connectivity index (χ1v) is 11.8. The molecule has 0 spiro atoms. The van der Waals surface area contributed by atoms with E-state index in [1.807, 2.05) is 11.5 Å². The number of carbonyl (C=O) groups is 1. The number of amides is 1. The first kappa shape index (κ1) is 22.9. The van der Waals surface area contributed by atoms with Gasteiger partial charge in [0.05, 0.1) is 15.9 Å². The van der Waals surface area contributed by atoms with Crippen LogP contribution in [0.15, 0.2) is 47.4 Å². The highest BCUT2D eigenvalue weighted by molar-refractivity contribution is 7.89. The van der Waals surface area contributed by atoms with E-state index in [2.05, 4.69) is 10.3 Å². The molecule has 0 unspecified atom stereocenters. The summed E-state index contributed by atoms with van der Waals surface area (Å²) in [5, 5.41) is 2.74. The molecule has 0 radical (unpaired) electrons. The third-order valence-corrected chi connectivity index (χ3v) is 7.21. The lowest BCUT2D eigenvalue weighted by molar-refractivity contribution is -0.116. The number of aromatic nitrogens is 2. The van der Waals surface area contributed by atoms with Crippen molar-refractivity contribution in [1.82, 2.24) is 13.9 Å². The van der Waals surface area contributed by atoms with E-state index in [0.717, 1.165) is 5.52 Å². The molecule has 0 saturated carbocycles. The van der Waals surface area contributed by atoms with Crippen LogP contribution >= 0.6 is 0 Å². The molecule has 1 aromatic heterocycles. The number of imidazole rings is 1. The Kier molecular flexibility index (Phi) is 7.07. The Hall–Kier alpha value is -2.78. The summed E-state index contributed by atoms with van der Waals surface area (Å²) in [4.78, 5) is 17.1. The number of sulfonamides is 1. The van der Waals surface area contributed by atoms with Gasteiger partial charge in [0, 0.05) is 38.2 Å². The maximum Gasteiger partial charge on any atom is 0.243 e. The van der Waals surface area contributed by atoms with E-state index in [9.17, 15) is 17.6 Å². The lowest BCUT2D eigenvalue weighted by Crippen LogP contribution is -2.30. The van der Waals surface area contributed by atoms with Crippen molar-refractivity contribution in [3.8, 4) is 0 Å². The summed E-state index contributed by atoms with van der Waals surface area (Å²) in [6, 6.07) is 10.6. The number of nitrogens with one attached hydrogen (secondary N) is 1. The number of hydrogen-bond donors (Lipinski definition) is 1. The van der Waals surface area contributed by atoms with Crippen molar-refractivity contribution in [3.05, 3.63) is 54.1 Å². The number of fused-ring (bicyclic) bond motifs is 1. The van der Waals surface area contributed by atoms with E-state index in [0.29, 0.717) is 43.1 Å². The van der Waals surface area contributed by atoms with Gasteiger partial charge in [0.15, 0.2) is 0 Å². The maximum atomic E-state index is 13.0.